The van der Waals surface area contributed by atoms with Crippen molar-refractivity contribution in [2.45, 2.75) is 264 Å². The number of rotatable bonds is 51. The number of hydrogen-bond donors (Lipinski definition) is 2. The van der Waals surface area contributed by atoms with Crippen molar-refractivity contribution in [2.24, 2.45) is 0 Å². The Morgan fingerprint density at radius 1 is 0.522 bits per heavy atom. The molecule has 0 aliphatic rings. The van der Waals surface area contributed by atoms with Gasteiger partial charge in [-0.25, -0.2) is 0 Å². The van der Waals surface area contributed by atoms with E-state index in [0.717, 1.165) is 64.2 Å². The highest BCUT2D eigenvalue weighted by Crippen LogP contribution is 2.38. The number of aliphatic hydroxyl groups is 1. The number of hydrogen-bond acceptors (Lipinski definition) is 6. The average Bonchev–Trinajstić information content (AvgIpc) is 3.29. The van der Waals surface area contributed by atoms with Crippen LogP contribution in [0, 0.1) is 0 Å². The van der Waals surface area contributed by atoms with Gasteiger partial charge in [0.1, 0.15) is 13.2 Å². The number of carbonyl (C=O) groups excluding carboxylic acids is 1. The summed E-state index contributed by atoms with van der Waals surface area (Å²) in [5.74, 6) is -0.219. The molecule has 392 valence electrons. The van der Waals surface area contributed by atoms with Gasteiger partial charge in [0.2, 0.25) is 5.91 Å². The third-order valence-electron chi connectivity index (χ3n) is 12.4. The molecule has 0 saturated carbocycles. The first kappa shape index (κ1) is 65.2. The number of allylic oxidation sites excluding steroid dienone is 9. The van der Waals surface area contributed by atoms with Crippen LogP contribution in [0.2, 0.25) is 0 Å². The highest BCUT2D eigenvalue weighted by molar-refractivity contribution is 7.45. The second-order valence-corrected chi connectivity index (χ2v) is 21.7. The van der Waals surface area contributed by atoms with E-state index in [0.29, 0.717) is 17.4 Å². The quantitative estimate of drug-likeness (QED) is 0.0272. The number of carbonyl (C=O) groups is 1. The van der Waals surface area contributed by atoms with Crippen LogP contribution in [0.1, 0.15) is 251 Å². The van der Waals surface area contributed by atoms with E-state index < -0.39 is 26.6 Å². The summed E-state index contributed by atoms with van der Waals surface area (Å²) in [6.45, 7) is 4.62. The monoisotopic (exact) mass is 961 g/mol. The Bertz CT molecular complexity index is 1270. The Morgan fingerprint density at radius 3 is 1.31 bits per heavy atom. The second-order valence-electron chi connectivity index (χ2n) is 20.3. The fraction of sp³-hybridized carbons (Fsp3) is 0.810. The molecule has 67 heavy (non-hydrogen) atoms. The molecule has 0 fully saturated rings. The Labute approximate surface area is 415 Å². The molecule has 0 rings (SSSR count). The number of aliphatic hydroxyl groups excluding tert-OH is 1. The summed E-state index contributed by atoms with van der Waals surface area (Å²) in [4.78, 5) is 25.5. The number of nitrogens with one attached hydrogen (secondary N) is 1. The molecular formula is C58H109N2O6P. The van der Waals surface area contributed by atoms with Crippen LogP contribution < -0.4 is 10.2 Å². The van der Waals surface area contributed by atoms with E-state index in [9.17, 15) is 19.4 Å². The molecule has 0 aromatic carbocycles. The van der Waals surface area contributed by atoms with Gasteiger partial charge >= 0.3 is 0 Å². The minimum atomic E-state index is -4.61. The first-order valence-electron chi connectivity index (χ1n) is 28.2. The number of nitrogens with zero attached hydrogens (tertiary/aromatic N) is 1. The summed E-state index contributed by atoms with van der Waals surface area (Å²) in [6, 6.07) is -0.914. The number of phosphoric acid groups is 1. The molecule has 0 aliphatic carbocycles. The van der Waals surface area contributed by atoms with Gasteiger partial charge in [0.05, 0.1) is 39.9 Å². The summed E-state index contributed by atoms with van der Waals surface area (Å²) in [7, 11) is 1.23. The SMILES string of the molecule is CCCCCCC/C=C\C/C=C\C/C=C\CCCCCCCCC(=O)NC(COP(=O)([O-])OCC[N+](C)(C)C)C(O)/C=C/CC/C=C/CCCCCCCCCCCCCCCCCCCC. The van der Waals surface area contributed by atoms with Crippen LogP contribution >= 0.6 is 7.82 Å². The normalized spacial score (nSPS) is 14.4. The zero-order chi connectivity index (χ0) is 49.2. The summed E-state index contributed by atoms with van der Waals surface area (Å²) >= 11 is 0. The molecule has 0 aliphatic heterocycles. The lowest BCUT2D eigenvalue weighted by molar-refractivity contribution is -0.870. The Morgan fingerprint density at radius 2 is 0.881 bits per heavy atom. The number of amides is 1. The van der Waals surface area contributed by atoms with Crippen molar-refractivity contribution < 1.29 is 32.9 Å². The molecular weight excluding hydrogens is 852 g/mol. The Kier molecular flexibility index (Phi) is 47.9. The molecule has 3 unspecified atom stereocenters. The van der Waals surface area contributed by atoms with Gasteiger partial charge in [-0.2, -0.15) is 0 Å². The first-order valence-corrected chi connectivity index (χ1v) is 29.6. The smallest absolute Gasteiger partial charge is 0.268 e. The molecule has 0 aromatic heterocycles. The predicted molar refractivity (Wildman–Crippen MR) is 288 cm³/mol. The molecule has 0 heterocycles. The van der Waals surface area contributed by atoms with E-state index in [1.807, 2.05) is 27.2 Å². The van der Waals surface area contributed by atoms with Crippen molar-refractivity contribution in [3.8, 4) is 0 Å². The van der Waals surface area contributed by atoms with E-state index in [1.165, 1.54) is 167 Å². The van der Waals surface area contributed by atoms with Crippen molar-refractivity contribution in [3.63, 3.8) is 0 Å². The zero-order valence-corrected chi connectivity index (χ0v) is 45.5. The number of quaternary nitrogens is 1. The van der Waals surface area contributed by atoms with Gasteiger partial charge in [-0.15, -0.1) is 0 Å². The van der Waals surface area contributed by atoms with Crippen molar-refractivity contribution in [1.29, 1.82) is 0 Å². The molecule has 0 radical (unpaired) electrons. The van der Waals surface area contributed by atoms with Crippen LogP contribution in [0.5, 0.6) is 0 Å². The molecule has 8 nitrogen and oxygen atoms in total. The molecule has 3 atom stereocenters. The molecule has 0 aromatic rings. The van der Waals surface area contributed by atoms with Gasteiger partial charge in [0, 0.05) is 6.42 Å². The van der Waals surface area contributed by atoms with Gasteiger partial charge in [-0.3, -0.25) is 9.36 Å². The Hall–Kier alpha value is -1.80. The van der Waals surface area contributed by atoms with Gasteiger partial charge in [0.25, 0.3) is 7.82 Å². The summed E-state index contributed by atoms with van der Waals surface area (Å²) in [6.07, 6.45) is 65.8. The van der Waals surface area contributed by atoms with Gasteiger partial charge in [0.15, 0.2) is 0 Å². The maximum atomic E-state index is 12.9. The van der Waals surface area contributed by atoms with Crippen LogP contribution in [-0.4, -0.2) is 68.5 Å². The fourth-order valence-electron chi connectivity index (χ4n) is 8.00. The molecule has 0 bridgehead atoms. The van der Waals surface area contributed by atoms with Crippen molar-refractivity contribution in [3.05, 3.63) is 60.8 Å². The Balaban J connectivity index is 4.32. The van der Waals surface area contributed by atoms with E-state index >= 15 is 0 Å². The standard InChI is InChI=1S/C58H109N2O6P/c1-6-8-10-12-14-16-18-20-22-24-26-28-29-30-32-33-35-37-39-41-43-45-47-49-51-57(61)56(55-66-67(63,64)65-54-53-60(3,4)5)59-58(62)52-50-48-46-44-42-40-38-36-34-31-27-25-23-21-19-17-15-13-11-9-7-2/h19,21,25,27,34,36,41,43,49,51,56-57,61H,6-18,20,22-24,26,28-33,35,37-40,42,44-48,50,52-55H2,1-5H3,(H-,59,62,63,64)/b21-19-,27-25-,36-34-,43-41+,51-49+. The van der Waals surface area contributed by atoms with Crippen LogP contribution in [0.25, 0.3) is 0 Å². The number of unbranched alkanes of at least 4 members (excludes halogenated alkanes) is 30. The summed E-state index contributed by atoms with van der Waals surface area (Å²) < 4.78 is 23.3. The predicted octanol–water partition coefficient (Wildman–Crippen LogP) is 16.3. The van der Waals surface area contributed by atoms with E-state index in [2.05, 4.69) is 67.8 Å². The molecule has 9 heteroatoms. The van der Waals surface area contributed by atoms with E-state index in [-0.39, 0.29) is 12.5 Å². The van der Waals surface area contributed by atoms with Gasteiger partial charge < -0.3 is 28.8 Å². The minimum absolute atomic E-state index is 0.0112. The highest BCUT2D eigenvalue weighted by atomic mass is 31.2. The van der Waals surface area contributed by atoms with Gasteiger partial charge in [-0.1, -0.05) is 235 Å². The lowest BCUT2D eigenvalue weighted by Crippen LogP contribution is -2.45. The maximum Gasteiger partial charge on any atom is 0.268 e. The third kappa shape index (κ3) is 51.9. The highest BCUT2D eigenvalue weighted by Gasteiger charge is 2.23. The van der Waals surface area contributed by atoms with Crippen LogP contribution in [0.4, 0.5) is 0 Å². The second kappa shape index (κ2) is 49.2. The van der Waals surface area contributed by atoms with E-state index in [1.54, 1.807) is 6.08 Å². The molecule has 0 saturated heterocycles. The number of likely N-dealkylation sites (N-methyl/N-ethyl adjacent to an activating group) is 1. The van der Waals surface area contributed by atoms with Crippen LogP contribution in [0.15, 0.2) is 60.8 Å². The third-order valence-corrected chi connectivity index (χ3v) is 13.4. The lowest BCUT2D eigenvalue weighted by Gasteiger charge is -2.29. The molecule has 2 N–H and O–H groups in total. The summed E-state index contributed by atoms with van der Waals surface area (Å²) in [5.41, 5.74) is 0. The molecule has 1 amide bonds. The van der Waals surface area contributed by atoms with Crippen molar-refractivity contribution in [2.75, 3.05) is 40.9 Å². The minimum Gasteiger partial charge on any atom is -0.756 e. The topological polar surface area (TPSA) is 108 Å². The van der Waals surface area contributed by atoms with Gasteiger partial charge in [-0.05, 0) is 70.6 Å². The largest absolute Gasteiger partial charge is 0.756 e. The lowest BCUT2D eigenvalue weighted by atomic mass is 10.0. The average molecular weight is 961 g/mol. The first-order chi connectivity index (χ1) is 32.5. The van der Waals surface area contributed by atoms with Crippen LogP contribution in [0.3, 0.4) is 0 Å². The fourth-order valence-corrected chi connectivity index (χ4v) is 8.72. The zero-order valence-electron chi connectivity index (χ0n) is 44.6. The number of phosphoric ester groups is 1. The summed E-state index contributed by atoms with van der Waals surface area (Å²) in [5, 5.41) is 13.9. The van der Waals surface area contributed by atoms with Crippen molar-refractivity contribution in [1.82, 2.24) is 5.32 Å². The van der Waals surface area contributed by atoms with Crippen molar-refractivity contribution >= 4 is 13.7 Å². The van der Waals surface area contributed by atoms with E-state index in [4.69, 9.17) is 9.05 Å². The molecule has 0 spiro atoms. The van der Waals surface area contributed by atoms with Crippen LogP contribution in [-0.2, 0) is 18.4 Å². The maximum absolute atomic E-state index is 12.9.